The van der Waals surface area contributed by atoms with Gasteiger partial charge in [0.05, 0.1) is 11.8 Å². The van der Waals surface area contributed by atoms with E-state index in [0.29, 0.717) is 17.1 Å². The smallest absolute Gasteiger partial charge is 0.155 e. The first-order chi connectivity index (χ1) is 9.11. The van der Waals surface area contributed by atoms with Crippen LogP contribution in [0.2, 0.25) is 5.02 Å². The van der Waals surface area contributed by atoms with Gasteiger partial charge >= 0.3 is 0 Å². The van der Waals surface area contributed by atoms with Crippen molar-refractivity contribution >= 4 is 28.8 Å². The third-order valence-corrected chi connectivity index (χ3v) is 3.26. The van der Waals surface area contributed by atoms with E-state index in [1.807, 2.05) is 19.1 Å². The van der Waals surface area contributed by atoms with Crippen LogP contribution in [0.4, 0.5) is 0 Å². The average Bonchev–Trinajstić information content (AvgIpc) is 2.41. The highest BCUT2D eigenvalue weighted by atomic mass is 35.5. The number of hydrogen-bond acceptors (Lipinski definition) is 3. The highest BCUT2D eigenvalue weighted by Gasteiger charge is 2.08. The van der Waals surface area contributed by atoms with E-state index in [2.05, 4.69) is 4.98 Å². The van der Waals surface area contributed by atoms with Gasteiger partial charge in [-0.15, -0.1) is 0 Å². The largest absolute Gasteiger partial charge is 0.455 e. The number of aryl methyl sites for hydroxylation is 1. The van der Waals surface area contributed by atoms with Crippen LogP contribution in [0.3, 0.4) is 0 Å². The number of pyridine rings is 1. The van der Waals surface area contributed by atoms with E-state index >= 15 is 0 Å². The zero-order valence-electron chi connectivity index (χ0n) is 10.4. The van der Waals surface area contributed by atoms with Crippen molar-refractivity contribution in [3.8, 4) is 11.5 Å². The van der Waals surface area contributed by atoms with Crippen LogP contribution in [-0.4, -0.2) is 9.97 Å². The fraction of sp³-hybridized carbons (Fsp3) is 0.143. The van der Waals surface area contributed by atoms with Gasteiger partial charge in [-0.3, -0.25) is 4.98 Å². The molecule has 0 aliphatic heterocycles. The summed E-state index contributed by atoms with van der Waals surface area (Å²) in [4.78, 5) is 4.30. The van der Waals surface area contributed by atoms with E-state index in [0.717, 1.165) is 17.0 Å². The average molecular weight is 293 g/mol. The molecule has 0 unspecified atom stereocenters. The molecule has 1 heterocycles. The second-order valence-electron chi connectivity index (χ2n) is 3.94. The van der Waals surface area contributed by atoms with Crippen molar-refractivity contribution in [2.45, 2.75) is 13.3 Å². The minimum atomic E-state index is 0.280. The van der Waals surface area contributed by atoms with E-state index in [-0.39, 0.29) is 4.99 Å². The van der Waals surface area contributed by atoms with Crippen molar-refractivity contribution in [3.63, 3.8) is 0 Å². The van der Waals surface area contributed by atoms with E-state index in [1.165, 1.54) is 0 Å². The van der Waals surface area contributed by atoms with Crippen LogP contribution in [-0.2, 0) is 6.42 Å². The lowest BCUT2D eigenvalue weighted by Crippen LogP contribution is -2.10. The Labute approximate surface area is 122 Å². The molecule has 0 aliphatic rings. The molecule has 0 saturated heterocycles. The number of nitrogens with zero attached hydrogens (tertiary/aromatic N) is 1. The molecular weight excluding hydrogens is 280 g/mol. The first kappa shape index (κ1) is 13.8. The summed E-state index contributed by atoms with van der Waals surface area (Å²) in [5.74, 6) is 1.23. The number of aromatic nitrogens is 1. The molecule has 2 aromatic rings. The third-order valence-electron chi connectivity index (χ3n) is 2.68. The maximum Gasteiger partial charge on any atom is 0.155 e. The van der Waals surface area contributed by atoms with Crippen LogP contribution in [0.1, 0.15) is 18.1 Å². The molecule has 0 spiro atoms. The fourth-order valence-corrected chi connectivity index (χ4v) is 2.10. The summed E-state index contributed by atoms with van der Waals surface area (Å²) >= 11 is 11.1. The summed E-state index contributed by atoms with van der Waals surface area (Å²) in [6.07, 6.45) is 4.06. The number of rotatable bonds is 4. The SMILES string of the molecule is CCc1cc(Oc2cnccc2C(N)=S)ccc1Cl. The summed E-state index contributed by atoms with van der Waals surface area (Å²) in [6.45, 7) is 2.04. The van der Waals surface area contributed by atoms with Crippen molar-refractivity contribution in [2.75, 3.05) is 0 Å². The van der Waals surface area contributed by atoms with Crippen molar-refractivity contribution < 1.29 is 4.74 Å². The molecule has 0 fully saturated rings. The van der Waals surface area contributed by atoms with Gasteiger partial charge in [0.15, 0.2) is 5.75 Å². The van der Waals surface area contributed by atoms with E-state index in [4.69, 9.17) is 34.3 Å². The first-order valence-corrected chi connectivity index (χ1v) is 6.60. The zero-order chi connectivity index (χ0) is 13.8. The molecule has 3 nitrogen and oxygen atoms in total. The molecule has 0 aliphatic carbocycles. The lowest BCUT2D eigenvalue weighted by molar-refractivity contribution is 0.478. The van der Waals surface area contributed by atoms with Crippen molar-refractivity contribution in [1.29, 1.82) is 0 Å². The van der Waals surface area contributed by atoms with Crippen molar-refractivity contribution in [2.24, 2.45) is 5.73 Å². The molecule has 0 radical (unpaired) electrons. The molecule has 19 heavy (non-hydrogen) atoms. The Balaban J connectivity index is 2.34. The topological polar surface area (TPSA) is 48.1 Å². The van der Waals surface area contributed by atoms with Crippen molar-refractivity contribution in [3.05, 3.63) is 52.8 Å². The van der Waals surface area contributed by atoms with Crippen LogP contribution in [0.15, 0.2) is 36.7 Å². The summed E-state index contributed by atoms with van der Waals surface area (Å²) in [5, 5.41) is 0.732. The number of nitrogens with two attached hydrogens (primary N) is 1. The minimum absolute atomic E-state index is 0.280. The number of thiocarbonyl (C=S) groups is 1. The molecule has 1 aromatic carbocycles. The number of benzene rings is 1. The van der Waals surface area contributed by atoms with Gasteiger partial charge in [-0.25, -0.2) is 0 Å². The summed E-state index contributed by atoms with van der Waals surface area (Å²) in [7, 11) is 0. The van der Waals surface area contributed by atoms with E-state index in [9.17, 15) is 0 Å². The molecule has 2 N–H and O–H groups in total. The van der Waals surface area contributed by atoms with E-state index in [1.54, 1.807) is 24.5 Å². The molecule has 0 bridgehead atoms. The molecule has 5 heteroatoms. The number of ether oxygens (including phenoxy) is 1. The molecule has 1 aromatic heterocycles. The summed E-state index contributed by atoms with van der Waals surface area (Å²) in [5.41, 5.74) is 7.34. The molecule has 0 amide bonds. The Bertz CT molecular complexity index is 616. The van der Waals surface area contributed by atoms with Crippen LogP contribution in [0.5, 0.6) is 11.5 Å². The quantitative estimate of drug-likeness (QED) is 0.873. The number of halogens is 1. The predicted octanol–water partition coefficient (Wildman–Crippen LogP) is 3.72. The first-order valence-electron chi connectivity index (χ1n) is 5.82. The maximum absolute atomic E-state index is 6.07. The van der Waals surface area contributed by atoms with Gasteiger partial charge in [-0.2, -0.15) is 0 Å². The Hall–Kier alpha value is -1.65. The molecular formula is C14H13ClN2OS. The lowest BCUT2D eigenvalue weighted by atomic mass is 10.1. The van der Waals surface area contributed by atoms with Gasteiger partial charge in [0.1, 0.15) is 10.7 Å². The second-order valence-corrected chi connectivity index (χ2v) is 4.79. The number of hydrogen-bond donors (Lipinski definition) is 1. The zero-order valence-corrected chi connectivity index (χ0v) is 12.0. The highest BCUT2D eigenvalue weighted by molar-refractivity contribution is 7.80. The van der Waals surface area contributed by atoms with Crippen LogP contribution in [0.25, 0.3) is 0 Å². The fourth-order valence-electron chi connectivity index (χ4n) is 1.68. The third kappa shape index (κ3) is 3.22. The Morgan fingerprint density at radius 2 is 2.21 bits per heavy atom. The Morgan fingerprint density at radius 1 is 1.42 bits per heavy atom. The highest BCUT2D eigenvalue weighted by Crippen LogP contribution is 2.28. The molecule has 0 saturated carbocycles. The van der Waals surface area contributed by atoms with Crippen molar-refractivity contribution in [1.82, 2.24) is 4.98 Å². The lowest BCUT2D eigenvalue weighted by Gasteiger charge is -2.11. The normalized spacial score (nSPS) is 10.2. The van der Waals surface area contributed by atoms with Gasteiger partial charge in [0.25, 0.3) is 0 Å². The molecule has 2 rings (SSSR count). The van der Waals surface area contributed by atoms with E-state index < -0.39 is 0 Å². The van der Waals surface area contributed by atoms with Gasteiger partial charge in [0.2, 0.25) is 0 Å². The van der Waals surface area contributed by atoms with Crippen LogP contribution < -0.4 is 10.5 Å². The van der Waals surface area contributed by atoms with Crippen LogP contribution in [0, 0.1) is 0 Å². The van der Waals surface area contributed by atoms with Gasteiger partial charge in [0, 0.05) is 11.2 Å². The van der Waals surface area contributed by atoms with Gasteiger partial charge < -0.3 is 10.5 Å². The summed E-state index contributed by atoms with van der Waals surface area (Å²) in [6, 6.07) is 7.25. The Kier molecular flexibility index (Phi) is 4.35. The Morgan fingerprint density at radius 3 is 2.89 bits per heavy atom. The van der Waals surface area contributed by atoms with Crippen LogP contribution >= 0.6 is 23.8 Å². The monoisotopic (exact) mass is 292 g/mol. The second kappa shape index (κ2) is 5.99. The minimum Gasteiger partial charge on any atom is -0.455 e. The van der Waals surface area contributed by atoms with Gasteiger partial charge in [-0.1, -0.05) is 30.7 Å². The standard InChI is InChI=1S/C14H13ClN2OS/c1-2-9-7-10(3-4-12(9)15)18-13-8-17-6-5-11(13)14(16)19/h3-8H,2H2,1H3,(H2,16,19). The molecule has 0 atom stereocenters. The summed E-state index contributed by atoms with van der Waals surface area (Å²) < 4.78 is 5.78. The molecule has 98 valence electrons. The predicted molar refractivity (Wildman–Crippen MR) is 81.0 cm³/mol. The maximum atomic E-state index is 6.07. The van der Waals surface area contributed by atoms with Gasteiger partial charge in [-0.05, 0) is 36.2 Å².